The Labute approximate surface area is 421 Å². The van der Waals surface area contributed by atoms with Crippen LogP contribution in [0.5, 0.6) is 0 Å². The Morgan fingerprint density at radius 3 is 1.28 bits per heavy atom. The van der Waals surface area contributed by atoms with Gasteiger partial charge in [-0.05, 0) is 89.9 Å². The first kappa shape index (κ1) is 65.3. The molecule has 6 heteroatoms. The molecular formula is C62H111NO5. The van der Waals surface area contributed by atoms with Crippen molar-refractivity contribution in [2.45, 2.75) is 302 Å². The van der Waals surface area contributed by atoms with Gasteiger partial charge < -0.3 is 20.3 Å². The molecule has 0 aromatic heterocycles. The van der Waals surface area contributed by atoms with Crippen LogP contribution in [0.2, 0.25) is 0 Å². The number of esters is 1. The van der Waals surface area contributed by atoms with Gasteiger partial charge in [-0.1, -0.05) is 254 Å². The number of amides is 1. The van der Waals surface area contributed by atoms with Gasteiger partial charge in [0, 0.05) is 6.42 Å². The fraction of sp³-hybridized carbons (Fsp3) is 0.774. The summed E-state index contributed by atoms with van der Waals surface area (Å²) in [5, 5.41) is 23.9. The molecule has 0 heterocycles. The molecule has 0 spiro atoms. The van der Waals surface area contributed by atoms with Gasteiger partial charge in [0.2, 0.25) is 5.91 Å². The Bertz CT molecular complexity index is 1250. The van der Waals surface area contributed by atoms with Crippen LogP contribution in [0.3, 0.4) is 0 Å². The molecule has 0 aliphatic heterocycles. The van der Waals surface area contributed by atoms with E-state index in [2.05, 4.69) is 99.0 Å². The van der Waals surface area contributed by atoms with Gasteiger partial charge in [0.1, 0.15) is 6.10 Å². The zero-order valence-corrected chi connectivity index (χ0v) is 45.0. The van der Waals surface area contributed by atoms with Crippen molar-refractivity contribution in [1.29, 1.82) is 0 Å². The highest BCUT2D eigenvalue weighted by molar-refractivity contribution is 5.77. The maximum Gasteiger partial charge on any atom is 0.306 e. The van der Waals surface area contributed by atoms with Crippen LogP contribution in [0, 0.1) is 0 Å². The largest absolute Gasteiger partial charge is 0.462 e. The van der Waals surface area contributed by atoms with Crippen LogP contribution < -0.4 is 5.32 Å². The standard InChI is InChI=1S/C62H111NO5/c1-4-7-10-13-16-19-22-25-28-30-33-35-38-41-44-47-50-53-58(68-62(67)55-52-49-46-43-40-37-32-27-24-21-18-15-12-9-6-3)56-61(66)63-59(57-64)60(65)54-51-48-45-42-39-36-34-31-29-26-23-20-17-14-11-8-5-2/h16,18-19,21,24-25,27-28,33,35,41,44,58-60,64-65H,4-15,17,20,22-23,26,29-32,34,36-40,42-43,45-57H2,1-3H3,(H,63,66)/b19-16-,21-18+,27-24+,28-25-,35-33-,44-41-. The monoisotopic (exact) mass is 950 g/mol. The van der Waals surface area contributed by atoms with Gasteiger partial charge in [0.25, 0.3) is 0 Å². The molecule has 0 fully saturated rings. The zero-order valence-electron chi connectivity index (χ0n) is 45.0. The predicted molar refractivity (Wildman–Crippen MR) is 296 cm³/mol. The summed E-state index contributed by atoms with van der Waals surface area (Å²) in [5.74, 6) is -0.537. The first-order valence-electron chi connectivity index (χ1n) is 29.2. The van der Waals surface area contributed by atoms with E-state index in [-0.39, 0.29) is 24.9 Å². The number of carbonyl (C=O) groups is 2. The minimum atomic E-state index is -0.808. The quantitative estimate of drug-likeness (QED) is 0.0244. The molecule has 0 saturated carbocycles. The van der Waals surface area contributed by atoms with E-state index >= 15 is 0 Å². The van der Waals surface area contributed by atoms with Gasteiger partial charge >= 0.3 is 5.97 Å². The fourth-order valence-corrected chi connectivity index (χ4v) is 8.59. The summed E-state index contributed by atoms with van der Waals surface area (Å²) < 4.78 is 5.93. The maximum absolute atomic E-state index is 13.3. The molecule has 3 atom stereocenters. The highest BCUT2D eigenvalue weighted by Crippen LogP contribution is 2.17. The Kier molecular flexibility index (Phi) is 53.0. The van der Waals surface area contributed by atoms with Crippen molar-refractivity contribution in [3.05, 3.63) is 72.9 Å². The van der Waals surface area contributed by atoms with Crippen molar-refractivity contribution in [3.8, 4) is 0 Å². The smallest absolute Gasteiger partial charge is 0.306 e. The minimum Gasteiger partial charge on any atom is -0.462 e. The predicted octanol–water partition coefficient (Wildman–Crippen LogP) is 18.1. The van der Waals surface area contributed by atoms with Crippen molar-refractivity contribution in [3.63, 3.8) is 0 Å². The third kappa shape index (κ3) is 49.7. The van der Waals surface area contributed by atoms with E-state index < -0.39 is 18.2 Å². The van der Waals surface area contributed by atoms with Gasteiger partial charge in [-0.25, -0.2) is 0 Å². The summed E-state index contributed by atoms with van der Waals surface area (Å²) in [5.41, 5.74) is 0. The number of aliphatic hydroxyl groups excluding tert-OH is 2. The van der Waals surface area contributed by atoms with E-state index in [4.69, 9.17) is 4.74 Å². The Balaban J connectivity index is 4.65. The van der Waals surface area contributed by atoms with Crippen LogP contribution in [-0.4, -0.2) is 46.9 Å². The lowest BCUT2D eigenvalue weighted by molar-refractivity contribution is -0.151. The van der Waals surface area contributed by atoms with Crippen molar-refractivity contribution in [2.75, 3.05) is 6.61 Å². The number of aliphatic hydroxyl groups is 2. The summed E-state index contributed by atoms with van der Waals surface area (Å²) in [6, 6.07) is -0.725. The van der Waals surface area contributed by atoms with Gasteiger partial charge in [0.15, 0.2) is 0 Å². The molecule has 68 heavy (non-hydrogen) atoms. The summed E-state index contributed by atoms with van der Waals surface area (Å²) in [6.07, 6.45) is 71.1. The molecule has 394 valence electrons. The molecule has 3 unspecified atom stereocenters. The number of nitrogens with one attached hydrogen (secondary N) is 1. The average Bonchev–Trinajstić information content (AvgIpc) is 3.33. The Hall–Kier alpha value is -2.70. The Morgan fingerprint density at radius 1 is 0.441 bits per heavy atom. The molecule has 0 rings (SSSR count). The number of ether oxygens (including phenoxy) is 1. The Morgan fingerprint density at radius 2 is 0.809 bits per heavy atom. The fourth-order valence-electron chi connectivity index (χ4n) is 8.59. The van der Waals surface area contributed by atoms with Crippen molar-refractivity contribution >= 4 is 11.9 Å². The van der Waals surface area contributed by atoms with E-state index in [9.17, 15) is 19.8 Å². The molecule has 0 saturated heterocycles. The summed E-state index contributed by atoms with van der Waals surface area (Å²) in [6.45, 7) is 6.43. The molecular weight excluding hydrogens is 839 g/mol. The molecule has 0 radical (unpaired) electrons. The third-order valence-corrected chi connectivity index (χ3v) is 13.0. The number of unbranched alkanes of at least 4 members (excludes halogenated alkanes) is 29. The van der Waals surface area contributed by atoms with Gasteiger partial charge in [0.05, 0.1) is 25.2 Å². The number of hydrogen-bond donors (Lipinski definition) is 3. The first-order chi connectivity index (χ1) is 33.5. The van der Waals surface area contributed by atoms with Crippen LogP contribution in [0.15, 0.2) is 72.9 Å². The number of carbonyl (C=O) groups excluding carboxylic acids is 2. The summed E-state index contributed by atoms with van der Waals surface area (Å²) >= 11 is 0. The van der Waals surface area contributed by atoms with Crippen LogP contribution in [0.25, 0.3) is 0 Å². The van der Waals surface area contributed by atoms with Crippen molar-refractivity contribution < 1.29 is 24.5 Å². The van der Waals surface area contributed by atoms with E-state index in [1.54, 1.807) is 0 Å². The van der Waals surface area contributed by atoms with Crippen LogP contribution in [-0.2, 0) is 14.3 Å². The van der Waals surface area contributed by atoms with E-state index in [1.165, 1.54) is 161 Å². The molecule has 0 aliphatic rings. The second-order valence-corrected chi connectivity index (χ2v) is 19.7. The topological polar surface area (TPSA) is 95.9 Å². The molecule has 3 N–H and O–H groups in total. The SMILES string of the molecule is CCCCC/C=C\C/C=C\C/C=C\C/C=C\CCCC(CC(=O)NC(CO)C(O)CCCCCCCCCCCCCCCCCCC)OC(=O)CCCCCCCC/C=C/C=C/CCCCC. The molecule has 6 nitrogen and oxygen atoms in total. The highest BCUT2D eigenvalue weighted by atomic mass is 16.5. The van der Waals surface area contributed by atoms with E-state index in [0.717, 1.165) is 77.0 Å². The van der Waals surface area contributed by atoms with Crippen LogP contribution >= 0.6 is 0 Å². The molecule has 0 aliphatic carbocycles. The molecule has 0 bridgehead atoms. The van der Waals surface area contributed by atoms with Crippen LogP contribution in [0.4, 0.5) is 0 Å². The lowest BCUT2D eigenvalue weighted by Gasteiger charge is -2.24. The van der Waals surface area contributed by atoms with Gasteiger partial charge in [-0.15, -0.1) is 0 Å². The van der Waals surface area contributed by atoms with Crippen molar-refractivity contribution in [2.24, 2.45) is 0 Å². The van der Waals surface area contributed by atoms with E-state index in [1.807, 2.05) is 0 Å². The zero-order chi connectivity index (χ0) is 49.5. The lowest BCUT2D eigenvalue weighted by atomic mass is 10.0. The van der Waals surface area contributed by atoms with Gasteiger partial charge in [-0.3, -0.25) is 9.59 Å². The molecule has 0 aromatic rings. The average molecular weight is 951 g/mol. The van der Waals surface area contributed by atoms with Crippen molar-refractivity contribution in [1.82, 2.24) is 5.32 Å². The minimum absolute atomic E-state index is 0.0335. The molecule has 0 aromatic carbocycles. The number of allylic oxidation sites excluding steroid dienone is 12. The highest BCUT2D eigenvalue weighted by Gasteiger charge is 2.24. The first-order valence-corrected chi connectivity index (χ1v) is 29.2. The summed E-state index contributed by atoms with van der Waals surface area (Å²) in [7, 11) is 0. The van der Waals surface area contributed by atoms with Crippen LogP contribution in [0.1, 0.15) is 284 Å². The van der Waals surface area contributed by atoms with Gasteiger partial charge in [-0.2, -0.15) is 0 Å². The van der Waals surface area contributed by atoms with E-state index in [0.29, 0.717) is 19.3 Å². The normalized spacial score (nSPS) is 13.7. The third-order valence-electron chi connectivity index (χ3n) is 13.0. The summed E-state index contributed by atoms with van der Waals surface area (Å²) in [4.78, 5) is 26.3. The maximum atomic E-state index is 13.3. The number of rotatable bonds is 52. The second-order valence-electron chi connectivity index (χ2n) is 19.7. The second kappa shape index (κ2) is 55.2. The number of hydrogen-bond acceptors (Lipinski definition) is 5. The lowest BCUT2D eigenvalue weighted by Crippen LogP contribution is -2.46. The molecule has 1 amide bonds.